The lowest BCUT2D eigenvalue weighted by molar-refractivity contribution is -0.0450. The molecule has 0 aliphatic carbocycles. The Morgan fingerprint density at radius 1 is 1.17 bits per heavy atom. The first-order valence-electron chi connectivity index (χ1n) is 11.3. The van der Waals surface area contributed by atoms with Crippen molar-refractivity contribution in [3.8, 4) is 0 Å². The number of hydrogen-bond donors (Lipinski definition) is 0. The van der Waals surface area contributed by atoms with E-state index in [1.807, 2.05) is 35.2 Å². The zero-order chi connectivity index (χ0) is 20.6. The molecule has 160 valence electrons. The highest BCUT2D eigenvalue weighted by atomic mass is 16.5. The van der Waals surface area contributed by atoms with Crippen LogP contribution in [0.5, 0.6) is 0 Å². The Bertz CT molecular complexity index is 906. The van der Waals surface area contributed by atoms with Gasteiger partial charge in [0.25, 0.3) is 5.91 Å². The molecular formula is C24H32N4O2. The SMILES string of the molecule is CN1CCN(CC2COC3(CCCN(C(=O)c4cccc5cccnc45)C3)C2)CC1. The second-order valence-electron chi connectivity index (χ2n) is 9.38. The summed E-state index contributed by atoms with van der Waals surface area (Å²) in [5.41, 5.74) is 1.34. The molecule has 1 spiro atoms. The number of piperidine rings is 1. The summed E-state index contributed by atoms with van der Waals surface area (Å²) >= 11 is 0. The minimum atomic E-state index is -0.164. The minimum Gasteiger partial charge on any atom is -0.373 e. The number of nitrogens with zero attached hydrogens (tertiary/aromatic N) is 4. The summed E-state index contributed by atoms with van der Waals surface area (Å²) in [6, 6.07) is 9.80. The van der Waals surface area contributed by atoms with Gasteiger partial charge in [-0.05, 0) is 44.4 Å². The predicted molar refractivity (Wildman–Crippen MR) is 118 cm³/mol. The van der Waals surface area contributed by atoms with Gasteiger partial charge in [0, 0.05) is 57.4 Å². The van der Waals surface area contributed by atoms with E-state index in [9.17, 15) is 4.79 Å². The lowest BCUT2D eigenvalue weighted by Gasteiger charge is -2.40. The van der Waals surface area contributed by atoms with Gasteiger partial charge in [0.05, 0.1) is 23.3 Å². The summed E-state index contributed by atoms with van der Waals surface area (Å²) in [6.07, 6.45) is 4.89. The van der Waals surface area contributed by atoms with Crippen LogP contribution in [0.2, 0.25) is 0 Å². The molecule has 1 aromatic carbocycles. The number of para-hydroxylation sites is 1. The van der Waals surface area contributed by atoms with E-state index in [0.29, 0.717) is 18.0 Å². The number of amides is 1. The number of likely N-dealkylation sites (N-methyl/N-ethyl adjacent to an activating group) is 1. The molecule has 30 heavy (non-hydrogen) atoms. The molecule has 3 aliphatic heterocycles. The van der Waals surface area contributed by atoms with Crippen LogP contribution >= 0.6 is 0 Å². The number of hydrogen-bond acceptors (Lipinski definition) is 5. The van der Waals surface area contributed by atoms with E-state index < -0.39 is 0 Å². The fourth-order valence-corrected chi connectivity index (χ4v) is 5.45. The van der Waals surface area contributed by atoms with Gasteiger partial charge >= 0.3 is 0 Å². The third kappa shape index (κ3) is 3.96. The molecule has 3 saturated heterocycles. The van der Waals surface area contributed by atoms with Crippen molar-refractivity contribution in [2.75, 3.05) is 59.5 Å². The maximum atomic E-state index is 13.4. The largest absolute Gasteiger partial charge is 0.373 e. The number of carbonyl (C=O) groups excluding carboxylic acids is 1. The third-order valence-corrected chi connectivity index (χ3v) is 7.09. The van der Waals surface area contributed by atoms with Crippen LogP contribution in [0.4, 0.5) is 0 Å². The number of rotatable bonds is 3. The number of carbonyl (C=O) groups is 1. The second kappa shape index (κ2) is 8.25. The first-order valence-corrected chi connectivity index (χ1v) is 11.3. The lowest BCUT2D eigenvalue weighted by Crippen LogP contribution is -2.50. The van der Waals surface area contributed by atoms with Crippen molar-refractivity contribution in [1.82, 2.24) is 19.7 Å². The molecule has 5 rings (SSSR count). The highest BCUT2D eigenvalue weighted by Gasteiger charge is 2.45. The van der Waals surface area contributed by atoms with E-state index in [1.165, 1.54) is 0 Å². The zero-order valence-corrected chi connectivity index (χ0v) is 17.9. The monoisotopic (exact) mass is 408 g/mol. The van der Waals surface area contributed by atoms with Crippen molar-refractivity contribution in [2.24, 2.45) is 5.92 Å². The number of pyridine rings is 1. The van der Waals surface area contributed by atoms with E-state index in [2.05, 4.69) is 21.8 Å². The average molecular weight is 409 g/mol. The number of aromatic nitrogens is 1. The molecule has 6 heteroatoms. The van der Waals surface area contributed by atoms with E-state index in [-0.39, 0.29) is 11.5 Å². The van der Waals surface area contributed by atoms with Gasteiger partial charge in [-0.15, -0.1) is 0 Å². The number of ether oxygens (including phenoxy) is 1. The van der Waals surface area contributed by atoms with Crippen LogP contribution in [0.25, 0.3) is 10.9 Å². The predicted octanol–water partition coefficient (Wildman–Crippen LogP) is 2.49. The summed E-state index contributed by atoms with van der Waals surface area (Å²) in [7, 11) is 2.20. The van der Waals surface area contributed by atoms with E-state index in [4.69, 9.17) is 4.74 Å². The Labute approximate surface area is 178 Å². The van der Waals surface area contributed by atoms with Crippen LogP contribution in [0.3, 0.4) is 0 Å². The van der Waals surface area contributed by atoms with Crippen LogP contribution in [-0.4, -0.2) is 90.7 Å². The molecule has 6 nitrogen and oxygen atoms in total. The first kappa shape index (κ1) is 19.9. The highest BCUT2D eigenvalue weighted by Crippen LogP contribution is 2.38. The summed E-state index contributed by atoms with van der Waals surface area (Å²) in [5, 5.41) is 1.01. The van der Waals surface area contributed by atoms with E-state index >= 15 is 0 Å². The molecule has 0 saturated carbocycles. The summed E-state index contributed by atoms with van der Waals surface area (Å²) < 4.78 is 6.41. The maximum absolute atomic E-state index is 13.4. The molecule has 2 aromatic rings. The van der Waals surface area contributed by atoms with Gasteiger partial charge in [0.1, 0.15) is 0 Å². The number of likely N-dealkylation sites (tertiary alicyclic amines) is 1. The van der Waals surface area contributed by atoms with Gasteiger partial charge in [0.2, 0.25) is 0 Å². The smallest absolute Gasteiger partial charge is 0.256 e. The Balaban J connectivity index is 1.26. The van der Waals surface area contributed by atoms with E-state index in [1.54, 1.807) is 6.20 Å². The highest BCUT2D eigenvalue weighted by molar-refractivity contribution is 6.05. The van der Waals surface area contributed by atoms with Gasteiger partial charge in [-0.3, -0.25) is 9.78 Å². The van der Waals surface area contributed by atoms with Crippen molar-refractivity contribution in [3.05, 3.63) is 42.1 Å². The molecule has 0 N–H and O–H groups in total. The van der Waals surface area contributed by atoms with Crippen molar-refractivity contribution in [3.63, 3.8) is 0 Å². The van der Waals surface area contributed by atoms with Crippen molar-refractivity contribution >= 4 is 16.8 Å². The molecular weight excluding hydrogens is 376 g/mol. The second-order valence-corrected chi connectivity index (χ2v) is 9.38. The number of piperazine rings is 1. The van der Waals surface area contributed by atoms with Crippen LogP contribution in [-0.2, 0) is 4.74 Å². The minimum absolute atomic E-state index is 0.0875. The topological polar surface area (TPSA) is 48.9 Å². The molecule has 2 atom stereocenters. The van der Waals surface area contributed by atoms with Crippen LogP contribution < -0.4 is 0 Å². The maximum Gasteiger partial charge on any atom is 0.256 e. The van der Waals surface area contributed by atoms with Gasteiger partial charge in [-0.1, -0.05) is 18.2 Å². The molecule has 4 heterocycles. The summed E-state index contributed by atoms with van der Waals surface area (Å²) in [5.74, 6) is 0.659. The van der Waals surface area contributed by atoms with Crippen LogP contribution in [0.1, 0.15) is 29.6 Å². The van der Waals surface area contributed by atoms with E-state index in [0.717, 1.165) is 76.0 Å². The molecule has 0 radical (unpaired) electrons. The number of fused-ring (bicyclic) bond motifs is 1. The number of benzene rings is 1. The fraction of sp³-hybridized carbons (Fsp3) is 0.583. The zero-order valence-electron chi connectivity index (χ0n) is 17.9. The third-order valence-electron chi connectivity index (χ3n) is 7.09. The Morgan fingerprint density at radius 2 is 2.00 bits per heavy atom. The summed E-state index contributed by atoms with van der Waals surface area (Å²) in [4.78, 5) is 24.9. The fourth-order valence-electron chi connectivity index (χ4n) is 5.45. The normalized spacial score (nSPS) is 28.4. The van der Waals surface area contributed by atoms with Crippen molar-refractivity contribution in [2.45, 2.75) is 24.9 Å². The Morgan fingerprint density at radius 3 is 2.87 bits per heavy atom. The standard InChI is InChI=1S/C24H32N4O2/c1-26-11-13-27(14-12-26)16-19-15-24(30-17-19)8-4-10-28(18-24)23(29)21-7-2-5-20-6-3-9-25-22(20)21/h2-3,5-7,9,19H,4,8,10-18H2,1H3. The van der Waals surface area contributed by atoms with Gasteiger partial charge < -0.3 is 19.4 Å². The van der Waals surface area contributed by atoms with Gasteiger partial charge in [-0.2, -0.15) is 0 Å². The average Bonchev–Trinajstić information content (AvgIpc) is 3.15. The molecule has 1 amide bonds. The lowest BCUT2D eigenvalue weighted by atomic mass is 9.86. The molecule has 3 fully saturated rings. The van der Waals surface area contributed by atoms with Crippen molar-refractivity contribution in [1.29, 1.82) is 0 Å². The quantitative estimate of drug-likeness (QED) is 0.781. The first-order chi connectivity index (χ1) is 14.6. The molecule has 2 unspecified atom stereocenters. The Hall–Kier alpha value is -2.02. The molecule has 1 aromatic heterocycles. The molecule has 0 bridgehead atoms. The van der Waals surface area contributed by atoms with Gasteiger partial charge in [-0.25, -0.2) is 0 Å². The molecule has 3 aliphatic rings. The Kier molecular flexibility index (Phi) is 5.48. The van der Waals surface area contributed by atoms with Gasteiger partial charge in [0.15, 0.2) is 0 Å². The van der Waals surface area contributed by atoms with Crippen molar-refractivity contribution < 1.29 is 9.53 Å². The van der Waals surface area contributed by atoms with Crippen LogP contribution in [0.15, 0.2) is 36.5 Å². The van der Waals surface area contributed by atoms with Crippen LogP contribution in [0, 0.1) is 5.92 Å². The summed E-state index contributed by atoms with van der Waals surface area (Å²) in [6.45, 7) is 8.06.